The zero-order valence-corrected chi connectivity index (χ0v) is 5.48. The van der Waals surface area contributed by atoms with Crippen molar-refractivity contribution >= 4 is 18.9 Å². The average Bonchev–Trinajstić information content (AvgIpc) is 1.65. The van der Waals surface area contributed by atoms with Gasteiger partial charge in [0.05, 0.1) is 5.60 Å². The fraction of sp³-hybridized carbons (Fsp3) is 1.00. The van der Waals surface area contributed by atoms with Gasteiger partial charge in [-0.15, -0.1) is 0 Å². The van der Waals surface area contributed by atoms with Crippen LogP contribution in [-0.2, 0) is 0 Å². The zero-order chi connectivity index (χ0) is 6.04. The van der Waals surface area contributed by atoms with Crippen molar-refractivity contribution in [3.05, 3.63) is 0 Å². The van der Waals surface area contributed by atoms with Crippen LogP contribution in [0.25, 0.3) is 0 Å². The van der Waals surface area contributed by atoms with E-state index in [9.17, 15) is 5.11 Å². The first-order chi connectivity index (χ1) is 3.71. The molecule has 1 aliphatic carbocycles. The molecule has 0 spiro atoms. The molecule has 0 atom stereocenters. The molecule has 1 aliphatic rings. The molecule has 1 N–H and O–H groups in total. The molecule has 1 fully saturated rings. The molecule has 9 heavy (non-hydrogen) atoms. The van der Waals surface area contributed by atoms with Gasteiger partial charge in [0.1, 0.15) is 0 Å². The predicted molar refractivity (Wildman–Crippen MR) is 40.9 cm³/mol. The van der Waals surface area contributed by atoms with Crippen molar-refractivity contribution in [1.82, 2.24) is 0 Å². The van der Waals surface area contributed by atoms with Crippen LogP contribution < -0.4 is 0 Å². The van der Waals surface area contributed by atoms with Crippen LogP contribution in [0.4, 0.5) is 0 Å². The van der Waals surface area contributed by atoms with E-state index in [0.717, 1.165) is 12.8 Å². The monoisotopic (exact) mass is 122 g/mol. The first-order valence-electron chi connectivity index (χ1n) is 3.43. The van der Waals surface area contributed by atoms with Crippen molar-refractivity contribution in [2.75, 3.05) is 0 Å². The Balaban J connectivity index is 0.000000640. The molecule has 0 radical (unpaired) electrons. The average molecular weight is 122 g/mol. The van der Waals surface area contributed by atoms with Crippen LogP contribution in [0.15, 0.2) is 0 Å². The van der Waals surface area contributed by atoms with Gasteiger partial charge in [-0.25, -0.2) is 0 Å². The maximum atomic E-state index is 9.37. The second-order valence-electron chi connectivity index (χ2n) is 3.06. The fourth-order valence-electron chi connectivity index (χ4n) is 1.31. The SMILES string of the molecule is CC1(O)CCCCC1.[LiH]. The van der Waals surface area contributed by atoms with E-state index >= 15 is 0 Å². The minimum absolute atomic E-state index is 0. The van der Waals surface area contributed by atoms with Gasteiger partial charge in [0, 0.05) is 0 Å². The molecule has 2 heteroatoms. The summed E-state index contributed by atoms with van der Waals surface area (Å²) in [5.41, 5.74) is -0.321. The Labute approximate surface area is 69.0 Å². The zero-order valence-electron chi connectivity index (χ0n) is 5.48. The molecule has 0 amide bonds. The third-order valence-corrected chi connectivity index (χ3v) is 1.93. The fourth-order valence-corrected chi connectivity index (χ4v) is 1.31. The number of rotatable bonds is 0. The maximum absolute atomic E-state index is 9.37. The van der Waals surface area contributed by atoms with E-state index in [1.807, 2.05) is 6.92 Å². The predicted octanol–water partition coefficient (Wildman–Crippen LogP) is 1.05. The Kier molecular flexibility index (Phi) is 3.89. The number of hydrogen-bond acceptors (Lipinski definition) is 1. The molecule has 1 nitrogen and oxygen atoms in total. The second-order valence-corrected chi connectivity index (χ2v) is 3.06. The Hall–Kier alpha value is 0.557. The molecule has 0 aromatic rings. The summed E-state index contributed by atoms with van der Waals surface area (Å²) in [7, 11) is 0. The molecule has 50 valence electrons. The standard InChI is InChI=1S/C7H14O.Li.H/c1-7(8)5-3-2-4-6-7;;/h8H,2-6H2,1H3;;. The Bertz CT molecular complexity index is 73.0. The van der Waals surface area contributed by atoms with Crippen LogP contribution in [0.5, 0.6) is 0 Å². The molecule has 0 bridgehead atoms. The summed E-state index contributed by atoms with van der Waals surface area (Å²) in [6, 6.07) is 0. The van der Waals surface area contributed by atoms with Crippen molar-refractivity contribution in [3.8, 4) is 0 Å². The molecule has 0 aromatic heterocycles. The first kappa shape index (κ1) is 9.56. The Morgan fingerprint density at radius 1 is 1.11 bits per heavy atom. The molecule has 0 aliphatic heterocycles. The molecule has 1 saturated carbocycles. The van der Waals surface area contributed by atoms with E-state index in [1.165, 1.54) is 19.3 Å². The van der Waals surface area contributed by atoms with E-state index in [0.29, 0.717) is 0 Å². The normalized spacial score (nSPS) is 24.7. The minimum atomic E-state index is -0.321. The van der Waals surface area contributed by atoms with Gasteiger partial charge >= 0.3 is 18.9 Å². The van der Waals surface area contributed by atoms with Crippen molar-refractivity contribution in [2.24, 2.45) is 0 Å². The number of aliphatic hydroxyl groups is 1. The van der Waals surface area contributed by atoms with Gasteiger partial charge in [-0.1, -0.05) is 19.3 Å². The molecule has 1 rings (SSSR count). The number of hydrogen-bond donors (Lipinski definition) is 1. The first-order valence-corrected chi connectivity index (χ1v) is 3.43. The summed E-state index contributed by atoms with van der Waals surface area (Å²) in [5.74, 6) is 0. The van der Waals surface area contributed by atoms with Crippen LogP contribution in [0.1, 0.15) is 39.0 Å². The molecule has 0 heterocycles. The van der Waals surface area contributed by atoms with Gasteiger partial charge in [-0.3, -0.25) is 0 Å². The molecular formula is C7H15LiO. The van der Waals surface area contributed by atoms with Crippen molar-refractivity contribution in [1.29, 1.82) is 0 Å². The van der Waals surface area contributed by atoms with Crippen LogP contribution in [0.2, 0.25) is 0 Å². The van der Waals surface area contributed by atoms with Crippen molar-refractivity contribution in [2.45, 2.75) is 44.6 Å². The van der Waals surface area contributed by atoms with Crippen molar-refractivity contribution < 1.29 is 5.11 Å². The van der Waals surface area contributed by atoms with Crippen LogP contribution >= 0.6 is 0 Å². The quantitative estimate of drug-likeness (QED) is 0.476. The topological polar surface area (TPSA) is 20.2 Å². The van der Waals surface area contributed by atoms with Crippen molar-refractivity contribution in [3.63, 3.8) is 0 Å². The van der Waals surface area contributed by atoms with Crippen LogP contribution in [0.3, 0.4) is 0 Å². The third-order valence-electron chi connectivity index (χ3n) is 1.93. The third kappa shape index (κ3) is 3.30. The van der Waals surface area contributed by atoms with Crippen LogP contribution in [-0.4, -0.2) is 29.6 Å². The van der Waals surface area contributed by atoms with E-state index in [1.54, 1.807) is 0 Å². The summed E-state index contributed by atoms with van der Waals surface area (Å²) in [4.78, 5) is 0. The molecule has 0 aromatic carbocycles. The summed E-state index contributed by atoms with van der Waals surface area (Å²) in [6.45, 7) is 1.94. The summed E-state index contributed by atoms with van der Waals surface area (Å²) in [6.07, 6.45) is 5.76. The summed E-state index contributed by atoms with van der Waals surface area (Å²) >= 11 is 0. The molecular weight excluding hydrogens is 107 g/mol. The second kappa shape index (κ2) is 3.66. The van der Waals surface area contributed by atoms with Gasteiger partial charge in [0.15, 0.2) is 0 Å². The van der Waals surface area contributed by atoms with Gasteiger partial charge in [0.2, 0.25) is 0 Å². The Morgan fingerprint density at radius 2 is 1.56 bits per heavy atom. The van der Waals surface area contributed by atoms with E-state index < -0.39 is 0 Å². The van der Waals surface area contributed by atoms with E-state index in [4.69, 9.17) is 0 Å². The van der Waals surface area contributed by atoms with Gasteiger partial charge in [0.25, 0.3) is 0 Å². The Morgan fingerprint density at radius 3 is 1.78 bits per heavy atom. The van der Waals surface area contributed by atoms with Gasteiger partial charge in [-0.05, 0) is 19.8 Å². The molecule has 0 unspecified atom stereocenters. The van der Waals surface area contributed by atoms with E-state index in [2.05, 4.69) is 0 Å². The van der Waals surface area contributed by atoms with Gasteiger partial charge < -0.3 is 5.11 Å². The van der Waals surface area contributed by atoms with E-state index in [-0.39, 0.29) is 24.5 Å². The van der Waals surface area contributed by atoms with Crippen LogP contribution in [0, 0.1) is 0 Å². The summed E-state index contributed by atoms with van der Waals surface area (Å²) in [5, 5.41) is 9.37. The van der Waals surface area contributed by atoms with Gasteiger partial charge in [-0.2, -0.15) is 0 Å². The summed E-state index contributed by atoms with van der Waals surface area (Å²) < 4.78 is 0. The molecule has 0 saturated heterocycles.